The largest absolute Gasteiger partial charge is 0.390 e. The van der Waals surface area contributed by atoms with Crippen molar-refractivity contribution in [1.29, 1.82) is 0 Å². The van der Waals surface area contributed by atoms with Gasteiger partial charge in [0.25, 0.3) is 0 Å². The van der Waals surface area contributed by atoms with E-state index < -0.39 is 5.60 Å². The second-order valence-electron chi connectivity index (χ2n) is 6.09. The third-order valence-corrected chi connectivity index (χ3v) is 2.86. The van der Waals surface area contributed by atoms with Crippen LogP contribution in [0, 0.1) is 5.92 Å². The molecule has 0 saturated carbocycles. The molecule has 1 aromatic carbocycles. The van der Waals surface area contributed by atoms with Crippen LogP contribution in [0.3, 0.4) is 0 Å². The molecule has 0 aliphatic heterocycles. The molecule has 0 heterocycles. The van der Waals surface area contributed by atoms with Crippen molar-refractivity contribution in [3.05, 3.63) is 41.5 Å². The summed E-state index contributed by atoms with van der Waals surface area (Å²) in [6.07, 6.45) is 7.12. The lowest BCUT2D eigenvalue weighted by Gasteiger charge is -2.14. The molecule has 0 amide bonds. The van der Waals surface area contributed by atoms with Gasteiger partial charge in [-0.2, -0.15) is 0 Å². The molecule has 1 nitrogen and oxygen atoms in total. The maximum absolute atomic E-state index is 9.60. The molecule has 0 unspecified atom stereocenters. The van der Waals surface area contributed by atoms with Crippen molar-refractivity contribution in [2.75, 3.05) is 0 Å². The number of hydrogen-bond donors (Lipinski definition) is 1. The Balaban J connectivity index is 2.46. The summed E-state index contributed by atoms with van der Waals surface area (Å²) in [6, 6.07) is 8.74. The van der Waals surface area contributed by atoms with Gasteiger partial charge in [0.1, 0.15) is 0 Å². The van der Waals surface area contributed by atoms with E-state index in [0.717, 1.165) is 19.3 Å². The van der Waals surface area contributed by atoms with Crippen molar-refractivity contribution in [3.8, 4) is 0 Å². The molecule has 0 spiro atoms. The van der Waals surface area contributed by atoms with E-state index in [-0.39, 0.29) is 0 Å². The average molecular weight is 246 g/mol. The lowest BCUT2D eigenvalue weighted by atomic mass is 10.0. The molecule has 0 fully saturated rings. The monoisotopic (exact) mass is 246 g/mol. The Labute approximate surface area is 112 Å². The quantitative estimate of drug-likeness (QED) is 0.786. The molecule has 0 saturated heterocycles. The standard InChI is InChI=1S/C17H26O/c1-14(2)13-16-10-8-15(9-11-16)7-5-6-12-17(3,4)18/h5,7-11,14,18H,6,12-13H2,1-4H3/b7-5+. The van der Waals surface area contributed by atoms with Crippen LogP contribution in [-0.4, -0.2) is 10.7 Å². The fourth-order valence-corrected chi connectivity index (χ4v) is 1.89. The van der Waals surface area contributed by atoms with Crippen molar-refractivity contribution in [2.24, 2.45) is 5.92 Å². The molecule has 0 bridgehead atoms. The zero-order valence-corrected chi connectivity index (χ0v) is 12.1. The van der Waals surface area contributed by atoms with Gasteiger partial charge in [0, 0.05) is 0 Å². The second-order valence-corrected chi connectivity index (χ2v) is 6.09. The molecule has 100 valence electrons. The first-order valence-electron chi connectivity index (χ1n) is 6.85. The molecule has 1 N–H and O–H groups in total. The molecule has 1 heteroatoms. The predicted molar refractivity (Wildman–Crippen MR) is 79.5 cm³/mol. The van der Waals surface area contributed by atoms with Crippen LogP contribution >= 0.6 is 0 Å². The topological polar surface area (TPSA) is 20.2 Å². The second kappa shape index (κ2) is 6.75. The first-order valence-corrected chi connectivity index (χ1v) is 6.85. The Morgan fingerprint density at radius 3 is 2.28 bits per heavy atom. The van der Waals surface area contributed by atoms with Gasteiger partial charge in [0.05, 0.1) is 5.60 Å². The SMILES string of the molecule is CC(C)Cc1ccc(/C=C/CCC(C)(C)O)cc1. The fraction of sp³-hybridized carbons (Fsp3) is 0.529. The Bertz CT molecular complexity index is 366. The van der Waals surface area contributed by atoms with Gasteiger partial charge in [-0.3, -0.25) is 0 Å². The van der Waals surface area contributed by atoms with Gasteiger partial charge in [0.15, 0.2) is 0 Å². The van der Waals surface area contributed by atoms with Crippen LogP contribution in [-0.2, 0) is 6.42 Å². The highest BCUT2D eigenvalue weighted by Crippen LogP contribution is 2.13. The van der Waals surface area contributed by atoms with E-state index in [1.807, 2.05) is 13.8 Å². The van der Waals surface area contributed by atoms with E-state index in [1.165, 1.54) is 11.1 Å². The van der Waals surface area contributed by atoms with Gasteiger partial charge in [-0.05, 0) is 50.2 Å². The Morgan fingerprint density at radius 2 is 1.78 bits per heavy atom. The molecule has 0 aliphatic carbocycles. The number of rotatable bonds is 6. The number of aliphatic hydroxyl groups is 1. The summed E-state index contributed by atoms with van der Waals surface area (Å²) >= 11 is 0. The molecular formula is C17H26O. The van der Waals surface area contributed by atoms with Crippen molar-refractivity contribution >= 4 is 6.08 Å². The first kappa shape index (κ1) is 15.0. The Hall–Kier alpha value is -1.08. The summed E-state index contributed by atoms with van der Waals surface area (Å²) in [6.45, 7) is 8.18. The van der Waals surface area contributed by atoms with Gasteiger partial charge in [0.2, 0.25) is 0 Å². The summed E-state index contributed by atoms with van der Waals surface area (Å²) < 4.78 is 0. The molecule has 0 aliphatic rings. The maximum atomic E-state index is 9.60. The van der Waals surface area contributed by atoms with Crippen LogP contribution in [0.15, 0.2) is 30.3 Å². The highest BCUT2D eigenvalue weighted by molar-refractivity contribution is 5.49. The summed E-state index contributed by atoms with van der Waals surface area (Å²) in [5.74, 6) is 0.707. The van der Waals surface area contributed by atoms with E-state index >= 15 is 0 Å². The lowest BCUT2D eigenvalue weighted by Crippen LogP contribution is -2.17. The average Bonchev–Trinajstić information content (AvgIpc) is 2.24. The summed E-state index contributed by atoms with van der Waals surface area (Å²) in [5, 5.41) is 9.60. The molecule has 1 rings (SSSR count). The van der Waals surface area contributed by atoms with Crippen LogP contribution in [0.1, 0.15) is 51.7 Å². The third-order valence-electron chi connectivity index (χ3n) is 2.86. The van der Waals surface area contributed by atoms with E-state index in [2.05, 4.69) is 50.3 Å². The van der Waals surface area contributed by atoms with E-state index in [1.54, 1.807) is 0 Å². The Kier molecular flexibility index (Phi) is 5.61. The number of allylic oxidation sites excluding steroid dienone is 1. The van der Waals surface area contributed by atoms with E-state index in [0.29, 0.717) is 5.92 Å². The fourth-order valence-electron chi connectivity index (χ4n) is 1.89. The predicted octanol–water partition coefficient (Wildman–Crippen LogP) is 4.45. The molecule has 0 atom stereocenters. The molecule has 1 aromatic rings. The van der Waals surface area contributed by atoms with Gasteiger partial charge in [-0.1, -0.05) is 50.3 Å². The van der Waals surface area contributed by atoms with Gasteiger partial charge >= 0.3 is 0 Å². The van der Waals surface area contributed by atoms with Crippen LogP contribution in [0.2, 0.25) is 0 Å². The van der Waals surface area contributed by atoms with Crippen molar-refractivity contribution in [3.63, 3.8) is 0 Å². The lowest BCUT2D eigenvalue weighted by molar-refractivity contribution is 0.0722. The smallest absolute Gasteiger partial charge is 0.0594 e. The van der Waals surface area contributed by atoms with Crippen molar-refractivity contribution in [1.82, 2.24) is 0 Å². The van der Waals surface area contributed by atoms with E-state index in [4.69, 9.17) is 0 Å². The minimum absolute atomic E-state index is 0.564. The molecule has 18 heavy (non-hydrogen) atoms. The molecule has 0 radical (unpaired) electrons. The van der Waals surface area contributed by atoms with Gasteiger partial charge < -0.3 is 5.11 Å². The molecular weight excluding hydrogens is 220 g/mol. The maximum Gasteiger partial charge on any atom is 0.0594 e. The summed E-state index contributed by atoms with van der Waals surface area (Å²) in [4.78, 5) is 0. The normalized spacial score (nSPS) is 12.6. The first-order chi connectivity index (χ1) is 8.37. The van der Waals surface area contributed by atoms with Crippen molar-refractivity contribution in [2.45, 2.75) is 52.6 Å². The van der Waals surface area contributed by atoms with Crippen LogP contribution < -0.4 is 0 Å². The zero-order chi connectivity index (χ0) is 13.6. The highest BCUT2D eigenvalue weighted by Gasteiger charge is 2.09. The van der Waals surface area contributed by atoms with Crippen LogP contribution in [0.5, 0.6) is 0 Å². The summed E-state index contributed by atoms with van der Waals surface area (Å²) in [5.41, 5.74) is 2.07. The highest BCUT2D eigenvalue weighted by atomic mass is 16.3. The minimum Gasteiger partial charge on any atom is -0.390 e. The van der Waals surface area contributed by atoms with Crippen LogP contribution in [0.25, 0.3) is 6.08 Å². The molecule has 0 aromatic heterocycles. The summed E-state index contributed by atoms with van der Waals surface area (Å²) in [7, 11) is 0. The van der Waals surface area contributed by atoms with Crippen LogP contribution in [0.4, 0.5) is 0 Å². The van der Waals surface area contributed by atoms with E-state index in [9.17, 15) is 5.11 Å². The number of benzene rings is 1. The van der Waals surface area contributed by atoms with Gasteiger partial charge in [-0.25, -0.2) is 0 Å². The van der Waals surface area contributed by atoms with Gasteiger partial charge in [-0.15, -0.1) is 0 Å². The minimum atomic E-state index is -0.564. The van der Waals surface area contributed by atoms with Crippen molar-refractivity contribution < 1.29 is 5.11 Å². The zero-order valence-electron chi connectivity index (χ0n) is 12.1. The third kappa shape index (κ3) is 6.61. The Morgan fingerprint density at radius 1 is 1.17 bits per heavy atom. The number of hydrogen-bond acceptors (Lipinski definition) is 1.